The second-order valence-electron chi connectivity index (χ2n) is 9.16. The molecule has 1 aromatic rings. The summed E-state index contributed by atoms with van der Waals surface area (Å²) in [4.78, 5) is 37.6. The van der Waals surface area contributed by atoms with E-state index in [4.69, 9.17) is 9.47 Å². The van der Waals surface area contributed by atoms with Gasteiger partial charge in [0.15, 0.2) is 11.6 Å². The largest absolute Gasteiger partial charge is 0.507 e. The number of ketones is 2. The molecule has 0 bridgehead atoms. The number of phenolic OH excluding ortho intramolecular Hbond substituents is 1. The molecular weight excluding hydrogens is 396 g/mol. The monoisotopic (exact) mass is 430 g/mol. The minimum absolute atomic E-state index is 0.0845. The van der Waals surface area contributed by atoms with Crippen LogP contribution in [0, 0.1) is 17.8 Å². The molecule has 1 fully saturated rings. The topological polar surface area (TPSA) is 89.9 Å². The molecule has 0 radical (unpaired) electrons. The first-order valence-electron chi connectivity index (χ1n) is 10.8. The number of carbonyl (C=O) groups excluding carboxylic acids is 3. The van der Waals surface area contributed by atoms with Crippen LogP contribution in [0.1, 0.15) is 70.7 Å². The third-order valence-electron chi connectivity index (χ3n) is 6.06. The summed E-state index contributed by atoms with van der Waals surface area (Å²) in [6.07, 6.45) is 4.28. The van der Waals surface area contributed by atoms with Gasteiger partial charge in [0.05, 0.1) is 12.7 Å². The van der Waals surface area contributed by atoms with E-state index in [-0.39, 0.29) is 23.0 Å². The lowest BCUT2D eigenvalue weighted by Crippen LogP contribution is -2.33. The third kappa shape index (κ3) is 5.96. The number of aromatic hydroxyl groups is 1. The van der Waals surface area contributed by atoms with Gasteiger partial charge in [-0.3, -0.25) is 14.4 Å². The van der Waals surface area contributed by atoms with Crippen molar-refractivity contribution in [3.05, 3.63) is 35.4 Å². The van der Waals surface area contributed by atoms with Crippen molar-refractivity contribution in [1.29, 1.82) is 0 Å². The van der Waals surface area contributed by atoms with Gasteiger partial charge in [-0.15, -0.1) is 0 Å². The fourth-order valence-corrected chi connectivity index (χ4v) is 4.10. The van der Waals surface area contributed by atoms with Crippen LogP contribution in [0.2, 0.25) is 0 Å². The number of esters is 1. The maximum absolute atomic E-state index is 13.0. The van der Waals surface area contributed by atoms with Crippen LogP contribution in [-0.2, 0) is 14.3 Å². The van der Waals surface area contributed by atoms with Crippen molar-refractivity contribution in [2.75, 3.05) is 7.11 Å². The van der Waals surface area contributed by atoms with Crippen LogP contribution in [0.4, 0.5) is 0 Å². The number of hydrogen-bond acceptors (Lipinski definition) is 6. The van der Waals surface area contributed by atoms with Gasteiger partial charge in [-0.2, -0.15) is 0 Å². The average Bonchev–Trinajstić information content (AvgIpc) is 2.88. The zero-order chi connectivity index (χ0) is 23.3. The average molecular weight is 431 g/mol. The number of benzene rings is 1. The molecule has 0 aromatic heterocycles. The molecule has 0 saturated carbocycles. The highest BCUT2D eigenvalue weighted by Crippen LogP contribution is 2.43. The Morgan fingerprint density at radius 3 is 2.58 bits per heavy atom. The number of rotatable bonds is 10. The Labute approximate surface area is 184 Å². The Bertz CT molecular complexity index is 869. The number of Topliss-reactive ketones (excluding diaryl/α,β-unsaturated/α-hetero) is 1. The molecule has 6 heteroatoms. The predicted octanol–water partition coefficient (Wildman–Crippen LogP) is 4.88. The van der Waals surface area contributed by atoms with E-state index >= 15 is 0 Å². The molecule has 2 rings (SSSR count). The summed E-state index contributed by atoms with van der Waals surface area (Å²) in [5.74, 6) is -1.65. The molecule has 170 valence electrons. The SMILES string of the molecule is COc1ccc(C(=O)[C@H]2C(=O)O[C@](C)(CCC/C(C)=C/C(=O)CC(C)C)[C@@H]2C)c(O)c1. The standard InChI is InChI=1S/C25H34O6/c1-15(2)12-18(26)13-16(3)8-7-11-25(5)17(4)22(24(29)31-25)23(28)20-10-9-19(30-6)14-21(20)27/h9-10,13-15,17,22,27H,7-8,11-12H2,1-6H3/b16-13+/t17-,22+,25-/m1/s1. The highest BCUT2D eigenvalue weighted by Gasteiger charge is 2.53. The van der Waals surface area contributed by atoms with Crippen LogP contribution < -0.4 is 4.74 Å². The molecule has 0 spiro atoms. The van der Waals surface area contributed by atoms with Gasteiger partial charge >= 0.3 is 5.97 Å². The molecule has 1 saturated heterocycles. The number of carbonyl (C=O) groups is 3. The van der Waals surface area contributed by atoms with Crippen molar-refractivity contribution in [1.82, 2.24) is 0 Å². The summed E-state index contributed by atoms with van der Waals surface area (Å²) in [5, 5.41) is 10.2. The van der Waals surface area contributed by atoms with Crippen LogP contribution in [0.5, 0.6) is 11.5 Å². The van der Waals surface area contributed by atoms with E-state index in [1.165, 1.54) is 19.2 Å². The first-order chi connectivity index (χ1) is 14.5. The lowest BCUT2D eigenvalue weighted by Gasteiger charge is -2.28. The maximum Gasteiger partial charge on any atom is 0.317 e. The van der Waals surface area contributed by atoms with Crippen LogP contribution in [0.25, 0.3) is 0 Å². The van der Waals surface area contributed by atoms with E-state index in [1.54, 1.807) is 12.1 Å². The fourth-order valence-electron chi connectivity index (χ4n) is 4.10. The zero-order valence-electron chi connectivity index (χ0n) is 19.4. The number of phenols is 1. The number of allylic oxidation sites excluding steroid dienone is 2. The van der Waals surface area contributed by atoms with Gasteiger partial charge in [0, 0.05) is 18.4 Å². The van der Waals surface area contributed by atoms with E-state index in [0.717, 1.165) is 18.4 Å². The quantitative estimate of drug-likeness (QED) is 0.246. The van der Waals surface area contributed by atoms with Crippen LogP contribution >= 0.6 is 0 Å². The molecule has 6 nitrogen and oxygen atoms in total. The number of hydrogen-bond donors (Lipinski definition) is 1. The second kappa shape index (κ2) is 10.1. The minimum Gasteiger partial charge on any atom is -0.507 e. The molecule has 1 aliphatic rings. The lowest BCUT2D eigenvalue weighted by atomic mass is 9.77. The van der Waals surface area contributed by atoms with Crippen LogP contribution in [0.3, 0.4) is 0 Å². The van der Waals surface area contributed by atoms with E-state index in [9.17, 15) is 19.5 Å². The molecule has 3 atom stereocenters. The van der Waals surface area contributed by atoms with Crippen molar-refractivity contribution in [3.8, 4) is 11.5 Å². The Hall–Kier alpha value is -2.63. The van der Waals surface area contributed by atoms with Gasteiger partial charge in [-0.05, 0) is 57.2 Å². The molecule has 0 amide bonds. The molecule has 31 heavy (non-hydrogen) atoms. The minimum atomic E-state index is -0.964. The Morgan fingerprint density at radius 1 is 1.32 bits per heavy atom. The summed E-state index contributed by atoms with van der Waals surface area (Å²) in [6, 6.07) is 4.40. The normalized spacial score (nSPS) is 23.7. The van der Waals surface area contributed by atoms with Crippen molar-refractivity contribution in [3.63, 3.8) is 0 Å². The predicted molar refractivity (Wildman–Crippen MR) is 118 cm³/mol. The molecule has 0 aliphatic carbocycles. The first-order valence-corrected chi connectivity index (χ1v) is 10.8. The van der Waals surface area contributed by atoms with Crippen molar-refractivity contribution < 1.29 is 29.0 Å². The third-order valence-corrected chi connectivity index (χ3v) is 6.06. The Kier molecular flexibility index (Phi) is 8.04. The molecular formula is C25H34O6. The second-order valence-corrected chi connectivity index (χ2v) is 9.16. The van der Waals surface area contributed by atoms with Crippen LogP contribution in [0.15, 0.2) is 29.8 Å². The summed E-state index contributed by atoms with van der Waals surface area (Å²) in [5.41, 5.74) is 0.310. The van der Waals surface area contributed by atoms with E-state index < -0.39 is 23.3 Å². The van der Waals surface area contributed by atoms with Gasteiger partial charge < -0.3 is 14.6 Å². The number of ether oxygens (including phenoxy) is 2. The molecule has 0 unspecified atom stereocenters. The van der Waals surface area contributed by atoms with E-state index in [1.807, 2.05) is 34.6 Å². The summed E-state index contributed by atoms with van der Waals surface area (Å²) in [7, 11) is 1.47. The van der Waals surface area contributed by atoms with Crippen molar-refractivity contribution in [2.45, 2.75) is 65.9 Å². The molecule has 1 N–H and O–H groups in total. The highest BCUT2D eigenvalue weighted by molar-refractivity contribution is 6.11. The van der Waals surface area contributed by atoms with Crippen LogP contribution in [-0.4, -0.2) is 35.4 Å². The van der Waals surface area contributed by atoms with Crippen molar-refractivity contribution in [2.24, 2.45) is 17.8 Å². The highest BCUT2D eigenvalue weighted by atomic mass is 16.6. The van der Waals surface area contributed by atoms with E-state index in [0.29, 0.717) is 24.5 Å². The Morgan fingerprint density at radius 2 is 2.00 bits per heavy atom. The summed E-state index contributed by atoms with van der Waals surface area (Å²) >= 11 is 0. The number of cyclic esters (lactones) is 1. The Balaban J connectivity index is 2.04. The van der Waals surface area contributed by atoms with Gasteiger partial charge in [0.2, 0.25) is 0 Å². The summed E-state index contributed by atoms with van der Waals surface area (Å²) < 4.78 is 10.7. The van der Waals surface area contributed by atoms with Gasteiger partial charge in [-0.1, -0.05) is 26.3 Å². The number of methoxy groups -OCH3 is 1. The molecule has 1 heterocycles. The van der Waals surface area contributed by atoms with Gasteiger partial charge in [0.25, 0.3) is 0 Å². The fraction of sp³-hybridized carbons (Fsp3) is 0.560. The maximum atomic E-state index is 13.0. The first kappa shape index (κ1) is 24.6. The van der Waals surface area contributed by atoms with Gasteiger partial charge in [-0.25, -0.2) is 0 Å². The molecule has 1 aromatic carbocycles. The summed E-state index contributed by atoms with van der Waals surface area (Å²) in [6.45, 7) is 9.65. The van der Waals surface area contributed by atoms with Gasteiger partial charge in [0.1, 0.15) is 23.0 Å². The molecule has 1 aliphatic heterocycles. The smallest absolute Gasteiger partial charge is 0.317 e. The van der Waals surface area contributed by atoms with E-state index in [2.05, 4.69) is 0 Å². The zero-order valence-corrected chi connectivity index (χ0v) is 19.4. The van der Waals surface area contributed by atoms with Crippen molar-refractivity contribution >= 4 is 17.5 Å². The lowest BCUT2D eigenvalue weighted by molar-refractivity contribution is -0.149.